The molecule has 1 aromatic carbocycles. The fourth-order valence-corrected chi connectivity index (χ4v) is 2.02. The summed E-state index contributed by atoms with van der Waals surface area (Å²) in [5, 5.41) is 3.63. The lowest BCUT2D eigenvalue weighted by molar-refractivity contribution is 0.223. The molecule has 2 rings (SSSR count). The molecule has 0 aliphatic carbocycles. The number of hydrogen-bond acceptors (Lipinski definition) is 2. The number of benzene rings is 1. The molecule has 0 radical (unpaired) electrons. The zero-order chi connectivity index (χ0) is 15.2. The minimum Gasteiger partial charge on any atom is -0.327 e. The number of nitrogens with zero attached hydrogens (tertiary/aromatic N) is 2. The van der Waals surface area contributed by atoms with E-state index in [1.54, 1.807) is 36.3 Å². The third-order valence-corrected chi connectivity index (χ3v) is 3.69. The summed E-state index contributed by atoms with van der Waals surface area (Å²) in [5.74, 6) is 0. The molecule has 0 bridgehead atoms. The Labute approximate surface area is 133 Å². The molecule has 21 heavy (non-hydrogen) atoms. The zero-order valence-corrected chi connectivity index (χ0v) is 13.0. The van der Waals surface area contributed by atoms with Gasteiger partial charge in [-0.2, -0.15) is 0 Å². The first-order chi connectivity index (χ1) is 10.1. The molecule has 6 heteroatoms. The van der Waals surface area contributed by atoms with Crippen molar-refractivity contribution in [3.8, 4) is 0 Å². The van der Waals surface area contributed by atoms with E-state index < -0.39 is 0 Å². The minimum absolute atomic E-state index is 0.204. The van der Waals surface area contributed by atoms with Gasteiger partial charge in [0.15, 0.2) is 0 Å². The third-order valence-electron chi connectivity index (χ3n) is 2.95. The molecule has 110 valence electrons. The van der Waals surface area contributed by atoms with Crippen LogP contribution < -0.4 is 5.32 Å². The lowest BCUT2D eigenvalue weighted by Crippen LogP contribution is -2.33. The normalized spacial score (nSPS) is 10.2. The maximum absolute atomic E-state index is 12.0. The average molecular weight is 324 g/mol. The second kappa shape index (κ2) is 7.29. The third kappa shape index (κ3) is 4.62. The Kier molecular flexibility index (Phi) is 5.42. The van der Waals surface area contributed by atoms with Crippen LogP contribution in [0.5, 0.6) is 0 Å². The van der Waals surface area contributed by atoms with Gasteiger partial charge in [-0.15, -0.1) is 0 Å². The summed E-state index contributed by atoms with van der Waals surface area (Å²) in [6.07, 6.45) is 2.44. The van der Waals surface area contributed by atoms with Gasteiger partial charge in [-0.3, -0.25) is 4.98 Å². The van der Waals surface area contributed by atoms with Crippen molar-refractivity contribution in [2.24, 2.45) is 0 Å². The Balaban J connectivity index is 1.89. The van der Waals surface area contributed by atoms with Crippen molar-refractivity contribution < 1.29 is 4.79 Å². The number of urea groups is 1. The van der Waals surface area contributed by atoms with Crippen molar-refractivity contribution in [1.82, 2.24) is 9.88 Å². The van der Waals surface area contributed by atoms with E-state index in [4.69, 9.17) is 23.2 Å². The van der Waals surface area contributed by atoms with Gasteiger partial charge in [-0.05, 0) is 30.3 Å². The molecule has 1 N–H and O–H groups in total. The molecule has 0 saturated carbocycles. The number of pyridine rings is 1. The number of likely N-dealkylation sites (N-methyl/N-ethyl adjacent to an activating group) is 1. The van der Waals surface area contributed by atoms with Crippen molar-refractivity contribution in [2.45, 2.75) is 6.42 Å². The van der Waals surface area contributed by atoms with Gasteiger partial charge in [-0.1, -0.05) is 29.3 Å². The van der Waals surface area contributed by atoms with Crippen molar-refractivity contribution in [3.63, 3.8) is 0 Å². The van der Waals surface area contributed by atoms with E-state index >= 15 is 0 Å². The number of aromatic nitrogens is 1. The van der Waals surface area contributed by atoms with Gasteiger partial charge in [0.2, 0.25) is 0 Å². The zero-order valence-electron chi connectivity index (χ0n) is 11.5. The molecular weight excluding hydrogens is 309 g/mol. The van der Waals surface area contributed by atoms with Crippen LogP contribution in [0, 0.1) is 0 Å². The highest BCUT2D eigenvalue weighted by Gasteiger charge is 2.10. The van der Waals surface area contributed by atoms with Gasteiger partial charge in [-0.25, -0.2) is 4.79 Å². The number of carbonyl (C=O) groups is 1. The van der Waals surface area contributed by atoms with Gasteiger partial charge in [0.25, 0.3) is 0 Å². The van der Waals surface area contributed by atoms with E-state index in [0.717, 1.165) is 5.69 Å². The van der Waals surface area contributed by atoms with Crippen LogP contribution in [0.25, 0.3) is 0 Å². The van der Waals surface area contributed by atoms with Gasteiger partial charge in [0.1, 0.15) is 0 Å². The van der Waals surface area contributed by atoms with Crippen molar-refractivity contribution in [2.75, 3.05) is 18.9 Å². The average Bonchev–Trinajstić information content (AvgIpc) is 2.49. The summed E-state index contributed by atoms with van der Waals surface area (Å²) in [5.41, 5.74) is 1.56. The number of hydrogen-bond donors (Lipinski definition) is 1. The largest absolute Gasteiger partial charge is 0.327 e. The first-order valence-corrected chi connectivity index (χ1v) is 7.19. The summed E-state index contributed by atoms with van der Waals surface area (Å²) in [4.78, 5) is 17.9. The smallest absolute Gasteiger partial charge is 0.321 e. The maximum atomic E-state index is 12.0. The summed E-state index contributed by atoms with van der Waals surface area (Å²) in [6, 6.07) is 10.5. The minimum atomic E-state index is -0.204. The first-order valence-electron chi connectivity index (χ1n) is 6.43. The number of rotatable bonds is 4. The molecule has 2 amide bonds. The molecule has 0 aliphatic heterocycles. The Hall–Kier alpha value is -1.78. The predicted octanol–water partition coefficient (Wildman–Crippen LogP) is 4.09. The first kappa shape index (κ1) is 15.6. The molecule has 0 spiro atoms. The number of amides is 2. The molecule has 4 nitrogen and oxygen atoms in total. The van der Waals surface area contributed by atoms with Crippen LogP contribution in [0.2, 0.25) is 10.0 Å². The monoisotopic (exact) mass is 323 g/mol. The topological polar surface area (TPSA) is 45.2 Å². The van der Waals surface area contributed by atoms with Gasteiger partial charge >= 0.3 is 6.03 Å². The molecule has 1 heterocycles. The molecule has 0 aliphatic rings. The van der Waals surface area contributed by atoms with E-state index in [9.17, 15) is 4.79 Å². The highest BCUT2D eigenvalue weighted by atomic mass is 35.5. The molecule has 2 aromatic rings. The van der Waals surface area contributed by atoms with Gasteiger partial charge in [0.05, 0.1) is 10.0 Å². The lowest BCUT2D eigenvalue weighted by Gasteiger charge is -2.18. The Bertz CT molecular complexity index is 620. The molecular formula is C15H15Cl2N3O. The molecule has 0 atom stereocenters. The summed E-state index contributed by atoms with van der Waals surface area (Å²) >= 11 is 11.7. The van der Waals surface area contributed by atoms with Crippen LogP contribution in [-0.2, 0) is 6.42 Å². The van der Waals surface area contributed by atoms with Crippen LogP contribution >= 0.6 is 23.2 Å². The SMILES string of the molecule is CN(CCc1ccccn1)C(=O)Nc1ccc(Cl)c(Cl)c1. The fraction of sp³-hybridized carbons (Fsp3) is 0.200. The number of halogens is 2. The van der Waals surface area contributed by atoms with Crippen LogP contribution in [0.1, 0.15) is 5.69 Å². The Morgan fingerprint density at radius 1 is 1.24 bits per heavy atom. The van der Waals surface area contributed by atoms with Crippen LogP contribution in [-0.4, -0.2) is 29.5 Å². The van der Waals surface area contributed by atoms with E-state index in [1.165, 1.54) is 0 Å². The van der Waals surface area contributed by atoms with Crippen molar-refractivity contribution in [1.29, 1.82) is 0 Å². The molecule has 0 fully saturated rings. The number of nitrogens with one attached hydrogen (secondary N) is 1. The van der Waals surface area contributed by atoms with Crippen LogP contribution in [0.15, 0.2) is 42.6 Å². The standard InChI is InChI=1S/C15H15Cl2N3O/c1-20(9-7-11-4-2-3-8-18-11)15(21)19-12-5-6-13(16)14(17)10-12/h2-6,8,10H,7,9H2,1H3,(H,19,21). The van der Waals surface area contributed by atoms with E-state index in [1.807, 2.05) is 18.2 Å². The van der Waals surface area contributed by atoms with E-state index in [0.29, 0.717) is 28.7 Å². The molecule has 0 unspecified atom stereocenters. The molecule has 0 saturated heterocycles. The second-order valence-electron chi connectivity index (χ2n) is 4.55. The summed E-state index contributed by atoms with van der Waals surface area (Å²) in [7, 11) is 1.73. The highest BCUT2D eigenvalue weighted by Crippen LogP contribution is 2.25. The number of carbonyl (C=O) groups excluding carboxylic acids is 1. The Morgan fingerprint density at radius 3 is 2.71 bits per heavy atom. The second-order valence-corrected chi connectivity index (χ2v) is 5.37. The van der Waals surface area contributed by atoms with Gasteiger partial charge in [0, 0.05) is 37.6 Å². The summed E-state index contributed by atoms with van der Waals surface area (Å²) in [6.45, 7) is 0.574. The fourth-order valence-electron chi connectivity index (χ4n) is 1.72. The molecule has 1 aromatic heterocycles. The lowest BCUT2D eigenvalue weighted by atomic mass is 10.2. The summed E-state index contributed by atoms with van der Waals surface area (Å²) < 4.78 is 0. The van der Waals surface area contributed by atoms with E-state index in [-0.39, 0.29) is 6.03 Å². The highest BCUT2D eigenvalue weighted by molar-refractivity contribution is 6.42. The predicted molar refractivity (Wildman–Crippen MR) is 86.1 cm³/mol. The van der Waals surface area contributed by atoms with Crippen molar-refractivity contribution >= 4 is 34.9 Å². The van der Waals surface area contributed by atoms with Crippen LogP contribution in [0.4, 0.5) is 10.5 Å². The van der Waals surface area contributed by atoms with Crippen molar-refractivity contribution in [3.05, 3.63) is 58.3 Å². The Morgan fingerprint density at radius 2 is 2.05 bits per heavy atom. The quantitative estimate of drug-likeness (QED) is 0.920. The number of anilines is 1. The maximum Gasteiger partial charge on any atom is 0.321 e. The van der Waals surface area contributed by atoms with E-state index in [2.05, 4.69) is 10.3 Å². The van der Waals surface area contributed by atoms with Gasteiger partial charge < -0.3 is 10.2 Å². The van der Waals surface area contributed by atoms with Crippen LogP contribution in [0.3, 0.4) is 0 Å².